The van der Waals surface area contributed by atoms with Crippen molar-refractivity contribution in [3.63, 3.8) is 0 Å². The van der Waals surface area contributed by atoms with E-state index in [1.165, 1.54) is 36.9 Å². The molecule has 1 saturated heterocycles. The number of ether oxygens (including phenoxy) is 1. The fourth-order valence-corrected chi connectivity index (χ4v) is 4.70. The Morgan fingerprint density at radius 1 is 1.11 bits per heavy atom. The minimum atomic E-state index is -0.0579. The van der Waals surface area contributed by atoms with Crippen molar-refractivity contribution in [3.05, 3.63) is 17.1 Å². The van der Waals surface area contributed by atoms with Crippen LogP contribution >= 0.6 is 0 Å². The monoisotopic (exact) mass is 387 g/mol. The maximum absolute atomic E-state index is 11.8. The largest absolute Gasteiger partial charge is 0.381 e. The van der Waals surface area contributed by atoms with Crippen molar-refractivity contribution < 1.29 is 9.53 Å². The summed E-state index contributed by atoms with van der Waals surface area (Å²) in [4.78, 5) is 24.3. The van der Waals surface area contributed by atoms with Gasteiger partial charge in [-0.1, -0.05) is 12.8 Å². The number of carbonyl (C=O) groups excluding carboxylic acids is 1. The van der Waals surface area contributed by atoms with Crippen LogP contribution in [0.5, 0.6) is 0 Å². The highest BCUT2D eigenvalue weighted by Gasteiger charge is 2.28. The lowest BCUT2D eigenvalue weighted by molar-refractivity contribution is 0.146. The van der Waals surface area contributed by atoms with Gasteiger partial charge in [-0.15, -0.1) is 0 Å². The van der Waals surface area contributed by atoms with Crippen molar-refractivity contribution in [2.24, 2.45) is 0 Å². The molecular formula is C21H33N5O2. The van der Waals surface area contributed by atoms with Gasteiger partial charge >= 0.3 is 6.03 Å². The Balaban J connectivity index is 1.51. The van der Waals surface area contributed by atoms with E-state index in [-0.39, 0.29) is 12.1 Å². The highest BCUT2D eigenvalue weighted by Crippen LogP contribution is 2.35. The Morgan fingerprint density at radius 3 is 2.61 bits per heavy atom. The number of fused-ring (bicyclic) bond motifs is 1. The lowest BCUT2D eigenvalue weighted by atomic mass is 10.0. The van der Waals surface area contributed by atoms with Gasteiger partial charge in [0.05, 0.1) is 18.9 Å². The highest BCUT2D eigenvalue weighted by molar-refractivity contribution is 5.74. The average molecular weight is 388 g/mol. The molecule has 3 heterocycles. The van der Waals surface area contributed by atoms with Crippen LogP contribution in [-0.2, 0) is 17.6 Å². The highest BCUT2D eigenvalue weighted by atomic mass is 16.5. The van der Waals surface area contributed by atoms with Crippen LogP contribution in [0.15, 0.2) is 0 Å². The molecule has 3 aliphatic rings. The van der Waals surface area contributed by atoms with Crippen LogP contribution in [0.3, 0.4) is 0 Å². The topological polar surface area (TPSA) is 79.4 Å². The van der Waals surface area contributed by atoms with E-state index in [4.69, 9.17) is 14.7 Å². The van der Waals surface area contributed by atoms with E-state index in [0.29, 0.717) is 12.5 Å². The molecule has 1 aliphatic carbocycles. The number of piperidine rings is 1. The first-order valence-corrected chi connectivity index (χ1v) is 11.0. The first-order chi connectivity index (χ1) is 13.7. The summed E-state index contributed by atoms with van der Waals surface area (Å²) < 4.78 is 5.73. The number of hydrogen-bond acceptors (Lipinski definition) is 5. The quantitative estimate of drug-likeness (QED) is 0.830. The second-order valence-electron chi connectivity index (χ2n) is 8.19. The fraction of sp³-hybridized carbons (Fsp3) is 0.762. The Labute approximate surface area is 167 Å². The van der Waals surface area contributed by atoms with E-state index < -0.39 is 0 Å². The molecule has 1 aromatic rings. The van der Waals surface area contributed by atoms with Gasteiger partial charge in [0.15, 0.2) is 0 Å². The van der Waals surface area contributed by atoms with Crippen LogP contribution < -0.4 is 15.5 Å². The molecule has 154 valence electrons. The van der Waals surface area contributed by atoms with E-state index in [9.17, 15) is 4.79 Å². The van der Waals surface area contributed by atoms with E-state index in [1.807, 2.05) is 6.92 Å². The normalized spacial score (nSPS) is 21.2. The molecule has 2 amide bonds. The molecule has 4 rings (SSSR count). The maximum atomic E-state index is 11.8. The Hall–Kier alpha value is -1.89. The summed E-state index contributed by atoms with van der Waals surface area (Å²) in [5, 5.41) is 5.91. The SMILES string of the molecule is CCNC(=O)NC1CCN(c2nc(C3CCCC3)nc3c2CCOCC3)CC1. The molecule has 0 spiro atoms. The third-order valence-corrected chi connectivity index (χ3v) is 6.26. The van der Waals surface area contributed by atoms with Crippen LogP contribution in [0.25, 0.3) is 0 Å². The Kier molecular flexibility index (Phi) is 6.29. The van der Waals surface area contributed by atoms with E-state index in [1.54, 1.807) is 0 Å². The second kappa shape index (κ2) is 9.07. The lowest BCUT2D eigenvalue weighted by Gasteiger charge is -2.34. The van der Waals surface area contributed by atoms with E-state index in [2.05, 4.69) is 15.5 Å². The third kappa shape index (κ3) is 4.40. The predicted octanol–water partition coefficient (Wildman–Crippen LogP) is 2.54. The number of anilines is 1. The molecule has 2 aliphatic heterocycles. The predicted molar refractivity (Wildman–Crippen MR) is 109 cm³/mol. The standard InChI is InChI=1S/C21H33N5O2/c1-2-22-21(27)23-16-7-11-26(12-8-16)20-17-9-13-28-14-10-18(17)24-19(25-20)15-5-3-4-6-15/h15-16H,2-14H2,1H3,(H2,22,23,27). The van der Waals surface area contributed by atoms with Crippen molar-refractivity contribution in [2.75, 3.05) is 37.7 Å². The summed E-state index contributed by atoms with van der Waals surface area (Å²) in [6.07, 6.45) is 8.70. The first-order valence-electron chi connectivity index (χ1n) is 11.0. The van der Waals surface area contributed by atoms with E-state index >= 15 is 0 Å². The van der Waals surface area contributed by atoms with Crippen molar-refractivity contribution in [1.29, 1.82) is 0 Å². The number of nitrogens with one attached hydrogen (secondary N) is 2. The third-order valence-electron chi connectivity index (χ3n) is 6.26. The molecule has 0 radical (unpaired) electrons. The van der Waals surface area contributed by atoms with Gasteiger partial charge in [0.1, 0.15) is 11.6 Å². The van der Waals surface area contributed by atoms with Crippen LogP contribution in [0.1, 0.15) is 68.4 Å². The molecular weight excluding hydrogens is 354 g/mol. The Morgan fingerprint density at radius 2 is 1.86 bits per heavy atom. The summed E-state index contributed by atoms with van der Waals surface area (Å²) in [6, 6.07) is 0.179. The maximum Gasteiger partial charge on any atom is 0.314 e. The zero-order valence-electron chi connectivity index (χ0n) is 17.0. The molecule has 1 saturated carbocycles. The van der Waals surface area contributed by atoms with Gasteiger partial charge in [0.2, 0.25) is 0 Å². The molecule has 0 bridgehead atoms. The van der Waals surface area contributed by atoms with Crippen LogP contribution in [0.4, 0.5) is 10.6 Å². The number of aromatic nitrogens is 2. The molecule has 0 unspecified atom stereocenters. The number of carbonyl (C=O) groups is 1. The minimum absolute atomic E-state index is 0.0579. The Bertz CT molecular complexity index is 682. The van der Waals surface area contributed by atoms with Gasteiger partial charge in [-0.2, -0.15) is 0 Å². The lowest BCUT2D eigenvalue weighted by Crippen LogP contribution is -2.48. The molecule has 1 aromatic heterocycles. The number of urea groups is 1. The molecule has 0 aromatic carbocycles. The molecule has 7 nitrogen and oxygen atoms in total. The minimum Gasteiger partial charge on any atom is -0.381 e. The number of hydrogen-bond donors (Lipinski definition) is 2. The molecule has 7 heteroatoms. The van der Waals surface area contributed by atoms with Gasteiger partial charge in [-0.05, 0) is 32.6 Å². The fourth-order valence-electron chi connectivity index (χ4n) is 4.70. The van der Waals surface area contributed by atoms with Gasteiger partial charge in [0, 0.05) is 50.0 Å². The van der Waals surface area contributed by atoms with Gasteiger partial charge in [-0.25, -0.2) is 14.8 Å². The summed E-state index contributed by atoms with van der Waals surface area (Å²) in [5.41, 5.74) is 2.49. The summed E-state index contributed by atoms with van der Waals surface area (Å²) in [6.45, 7) is 5.95. The molecule has 0 atom stereocenters. The van der Waals surface area contributed by atoms with Crippen molar-refractivity contribution in [3.8, 4) is 0 Å². The van der Waals surface area contributed by atoms with Crippen LogP contribution in [0, 0.1) is 0 Å². The van der Waals surface area contributed by atoms with Crippen LogP contribution in [-0.4, -0.2) is 54.9 Å². The second-order valence-corrected chi connectivity index (χ2v) is 8.19. The molecule has 2 N–H and O–H groups in total. The zero-order chi connectivity index (χ0) is 19.3. The van der Waals surface area contributed by atoms with Crippen molar-refractivity contribution in [1.82, 2.24) is 20.6 Å². The molecule has 2 fully saturated rings. The summed E-state index contributed by atoms with van der Waals surface area (Å²) in [7, 11) is 0. The number of nitrogens with zero attached hydrogens (tertiary/aromatic N) is 3. The molecule has 28 heavy (non-hydrogen) atoms. The zero-order valence-corrected chi connectivity index (χ0v) is 17.0. The number of amides is 2. The number of rotatable bonds is 4. The summed E-state index contributed by atoms with van der Waals surface area (Å²) in [5.74, 6) is 2.70. The summed E-state index contributed by atoms with van der Waals surface area (Å²) >= 11 is 0. The first kappa shape index (κ1) is 19.4. The average Bonchev–Trinajstić information content (AvgIpc) is 3.14. The van der Waals surface area contributed by atoms with Crippen molar-refractivity contribution in [2.45, 2.75) is 70.3 Å². The van der Waals surface area contributed by atoms with E-state index in [0.717, 1.165) is 63.6 Å². The smallest absolute Gasteiger partial charge is 0.314 e. The van der Waals surface area contributed by atoms with Gasteiger partial charge in [-0.3, -0.25) is 0 Å². The van der Waals surface area contributed by atoms with Crippen molar-refractivity contribution >= 4 is 11.8 Å². The van der Waals surface area contributed by atoms with Gasteiger partial charge in [0.25, 0.3) is 0 Å². The van der Waals surface area contributed by atoms with Gasteiger partial charge < -0.3 is 20.3 Å². The van der Waals surface area contributed by atoms with Crippen LogP contribution in [0.2, 0.25) is 0 Å².